The van der Waals surface area contributed by atoms with E-state index in [4.69, 9.17) is 4.74 Å². The predicted molar refractivity (Wildman–Crippen MR) is 46.2 cm³/mol. The Morgan fingerprint density at radius 3 is 2.45 bits per heavy atom. The topological polar surface area (TPSA) is 41.5 Å². The molecule has 1 saturated heterocycles. The maximum Gasteiger partial charge on any atom is 0.0980 e. The number of nitrogens with one attached hydrogen (secondary N) is 1. The summed E-state index contributed by atoms with van der Waals surface area (Å²) in [5, 5.41) is 12.6. The lowest BCUT2D eigenvalue weighted by Gasteiger charge is -2.32. The molecule has 0 saturated carbocycles. The van der Waals surface area contributed by atoms with E-state index in [0.717, 1.165) is 13.1 Å². The average Bonchev–Trinajstić information content (AvgIpc) is 1.88. The van der Waals surface area contributed by atoms with Gasteiger partial charge in [0.2, 0.25) is 0 Å². The van der Waals surface area contributed by atoms with Crippen molar-refractivity contribution in [1.82, 2.24) is 5.32 Å². The molecule has 68 valence electrons. The second-order valence-electron chi connectivity index (χ2n) is 3.22. The van der Waals surface area contributed by atoms with Gasteiger partial charge in [0.15, 0.2) is 0 Å². The van der Waals surface area contributed by atoms with E-state index in [1.54, 1.807) is 13.8 Å². The van der Waals surface area contributed by atoms with E-state index in [2.05, 4.69) is 5.32 Å². The molecule has 0 aliphatic carbocycles. The van der Waals surface area contributed by atoms with Crippen LogP contribution in [0, 0.1) is 0 Å². The molecular formula is C7H16ClNO2. The minimum absolute atomic E-state index is 0. The summed E-state index contributed by atoms with van der Waals surface area (Å²) in [5.41, 5.74) is -0.715. The van der Waals surface area contributed by atoms with Crippen molar-refractivity contribution in [3.63, 3.8) is 0 Å². The van der Waals surface area contributed by atoms with Crippen molar-refractivity contribution in [1.29, 1.82) is 0 Å². The largest absolute Gasteiger partial charge is 0.388 e. The molecule has 0 radical (unpaired) electrons. The molecule has 2 N–H and O–H groups in total. The van der Waals surface area contributed by atoms with Gasteiger partial charge in [-0.15, -0.1) is 12.4 Å². The van der Waals surface area contributed by atoms with Gasteiger partial charge in [-0.05, 0) is 13.8 Å². The van der Waals surface area contributed by atoms with Crippen molar-refractivity contribution in [3.05, 3.63) is 0 Å². The SMILES string of the molecule is CC(C)(O)C1CNCCO1.Cl. The van der Waals surface area contributed by atoms with Crippen LogP contribution in [-0.4, -0.2) is 36.5 Å². The molecule has 1 unspecified atom stereocenters. The van der Waals surface area contributed by atoms with E-state index in [9.17, 15) is 5.11 Å². The fourth-order valence-electron chi connectivity index (χ4n) is 1.02. The molecule has 0 aromatic heterocycles. The van der Waals surface area contributed by atoms with E-state index in [1.807, 2.05) is 0 Å². The van der Waals surface area contributed by atoms with Crippen molar-refractivity contribution in [2.75, 3.05) is 19.7 Å². The lowest BCUT2D eigenvalue weighted by Crippen LogP contribution is -2.50. The molecule has 3 nitrogen and oxygen atoms in total. The first-order valence-corrected chi connectivity index (χ1v) is 3.65. The molecule has 1 heterocycles. The van der Waals surface area contributed by atoms with E-state index < -0.39 is 5.60 Å². The van der Waals surface area contributed by atoms with Crippen molar-refractivity contribution in [2.24, 2.45) is 0 Å². The third kappa shape index (κ3) is 3.38. The molecule has 0 aromatic rings. The van der Waals surface area contributed by atoms with Crippen LogP contribution in [0.15, 0.2) is 0 Å². The second kappa shape index (κ2) is 4.26. The van der Waals surface area contributed by atoms with Gasteiger partial charge in [0, 0.05) is 13.1 Å². The third-order valence-corrected chi connectivity index (χ3v) is 1.72. The summed E-state index contributed by atoms with van der Waals surface area (Å²) in [5.74, 6) is 0. The third-order valence-electron chi connectivity index (χ3n) is 1.72. The smallest absolute Gasteiger partial charge is 0.0980 e. The van der Waals surface area contributed by atoms with Crippen LogP contribution in [0.3, 0.4) is 0 Å². The molecule has 11 heavy (non-hydrogen) atoms. The van der Waals surface area contributed by atoms with Crippen LogP contribution < -0.4 is 5.32 Å². The Morgan fingerprint density at radius 1 is 1.55 bits per heavy atom. The molecular weight excluding hydrogens is 166 g/mol. The van der Waals surface area contributed by atoms with Crippen LogP contribution in [0.25, 0.3) is 0 Å². The Kier molecular flexibility index (Phi) is 4.32. The summed E-state index contributed by atoms with van der Waals surface area (Å²) in [6.07, 6.45) is -0.0544. The Labute approximate surface area is 73.5 Å². The number of hydrogen-bond donors (Lipinski definition) is 2. The molecule has 1 fully saturated rings. The highest BCUT2D eigenvalue weighted by molar-refractivity contribution is 5.85. The van der Waals surface area contributed by atoms with Gasteiger partial charge in [0.25, 0.3) is 0 Å². The predicted octanol–water partition coefficient (Wildman–Crippen LogP) is 0.167. The van der Waals surface area contributed by atoms with Gasteiger partial charge < -0.3 is 15.2 Å². The number of morpholine rings is 1. The summed E-state index contributed by atoms with van der Waals surface area (Å²) in [6.45, 7) is 5.89. The fourth-order valence-corrected chi connectivity index (χ4v) is 1.02. The van der Waals surface area contributed by atoms with Crippen LogP contribution in [-0.2, 0) is 4.74 Å². The Balaban J connectivity index is 0.000001000. The van der Waals surface area contributed by atoms with Gasteiger partial charge in [-0.25, -0.2) is 0 Å². The maximum atomic E-state index is 9.48. The molecule has 0 aromatic carbocycles. The molecule has 1 atom stereocenters. The van der Waals surface area contributed by atoms with Gasteiger partial charge in [0.05, 0.1) is 18.3 Å². The van der Waals surface area contributed by atoms with E-state index in [1.165, 1.54) is 0 Å². The normalized spacial score (nSPS) is 25.9. The van der Waals surface area contributed by atoms with Gasteiger partial charge in [-0.3, -0.25) is 0 Å². The lowest BCUT2D eigenvalue weighted by molar-refractivity contribution is -0.0989. The maximum absolute atomic E-state index is 9.48. The molecule has 1 aliphatic rings. The highest BCUT2D eigenvalue weighted by atomic mass is 35.5. The monoisotopic (exact) mass is 181 g/mol. The Morgan fingerprint density at radius 2 is 2.18 bits per heavy atom. The summed E-state index contributed by atoms with van der Waals surface area (Å²) in [4.78, 5) is 0. The Hall–Kier alpha value is 0.170. The summed E-state index contributed by atoms with van der Waals surface area (Å²) >= 11 is 0. The minimum Gasteiger partial charge on any atom is -0.388 e. The van der Waals surface area contributed by atoms with Crippen LogP contribution in [0.5, 0.6) is 0 Å². The highest BCUT2D eigenvalue weighted by Gasteiger charge is 2.28. The number of ether oxygens (including phenoxy) is 1. The Bertz CT molecular complexity index is 107. The van der Waals surface area contributed by atoms with Crippen LogP contribution in [0.4, 0.5) is 0 Å². The number of aliphatic hydroxyl groups is 1. The fraction of sp³-hybridized carbons (Fsp3) is 1.00. The first-order valence-electron chi connectivity index (χ1n) is 3.65. The second-order valence-corrected chi connectivity index (χ2v) is 3.22. The highest BCUT2D eigenvalue weighted by Crippen LogP contribution is 2.12. The van der Waals surface area contributed by atoms with Gasteiger partial charge in [-0.2, -0.15) is 0 Å². The molecule has 0 amide bonds. The van der Waals surface area contributed by atoms with Gasteiger partial charge in [-0.1, -0.05) is 0 Å². The zero-order valence-electron chi connectivity index (χ0n) is 6.96. The van der Waals surface area contributed by atoms with E-state index >= 15 is 0 Å². The van der Waals surface area contributed by atoms with Crippen molar-refractivity contribution in [2.45, 2.75) is 25.6 Å². The zero-order valence-corrected chi connectivity index (χ0v) is 7.78. The van der Waals surface area contributed by atoms with Crippen molar-refractivity contribution < 1.29 is 9.84 Å². The van der Waals surface area contributed by atoms with E-state index in [0.29, 0.717) is 6.61 Å². The van der Waals surface area contributed by atoms with Crippen molar-refractivity contribution >= 4 is 12.4 Å². The van der Waals surface area contributed by atoms with E-state index in [-0.39, 0.29) is 18.5 Å². The zero-order chi connectivity index (χ0) is 7.61. The quantitative estimate of drug-likeness (QED) is 0.606. The standard InChI is InChI=1S/C7H15NO2.ClH/c1-7(2,9)6-5-8-3-4-10-6;/h6,8-9H,3-5H2,1-2H3;1H. The molecule has 1 aliphatic heterocycles. The average molecular weight is 182 g/mol. The van der Waals surface area contributed by atoms with Crippen molar-refractivity contribution in [3.8, 4) is 0 Å². The molecule has 0 spiro atoms. The summed E-state index contributed by atoms with van der Waals surface area (Å²) in [6, 6.07) is 0. The number of halogens is 1. The summed E-state index contributed by atoms with van der Waals surface area (Å²) < 4.78 is 5.33. The molecule has 4 heteroatoms. The van der Waals surface area contributed by atoms with Crippen LogP contribution >= 0.6 is 12.4 Å². The lowest BCUT2D eigenvalue weighted by atomic mass is 10.0. The molecule has 0 bridgehead atoms. The van der Waals surface area contributed by atoms with Crippen LogP contribution in [0.2, 0.25) is 0 Å². The molecule has 1 rings (SSSR count). The van der Waals surface area contributed by atoms with Gasteiger partial charge >= 0.3 is 0 Å². The number of rotatable bonds is 1. The first-order chi connectivity index (χ1) is 4.61. The first kappa shape index (κ1) is 11.2. The van der Waals surface area contributed by atoms with Crippen LogP contribution in [0.1, 0.15) is 13.8 Å². The van der Waals surface area contributed by atoms with Gasteiger partial charge in [0.1, 0.15) is 0 Å². The minimum atomic E-state index is -0.715. The number of hydrogen-bond acceptors (Lipinski definition) is 3. The summed E-state index contributed by atoms with van der Waals surface area (Å²) in [7, 11) is 0.